The summed E-state index contributed by atoms with van der Waals surface area (Å²) >= 11 is 0. The van der Waals surface area contributed by atoms with Crippen molar-refractivity contribution >= 4 is 17.6 Å². The summed E-state index contributed by atoms with van der Waals surface area (Å²) in [5.74, 6) is -1.20. The molecule has 0 amide bonds. The molecule has 0 aromatic heterocycles. The van der Waals surface area contributed by atoms with Crippen molar-refractivity contribution in [3.63, 3.8) is 0 Å². The molecule has 0 saturated carbocycles. The van der Waals surface area contributed by atoms with Crippen molar-refractivity contribution in [1.29, 1.82) is 0 Å². The number of anilines is 1. The lowest BCUT2D eigenvalue weighted by atomic mass is 10.1. The molecular formula is C11H12N2O5. The van der Waals surface area contributed by atoms with Gasteiger partial charge in [-0.1, -0.05) is 0 Å². The highest BCUT2D eigenvalue weighted by atomic mass is 16.5. The van der Waals surface area contributed by atoms with Gasteiger partial charge in [0.15, 0.2) is 0 Å². The summed E-state index contributed by atoms with van der Waals surface area (Å²) in [7, 11) is 3.81. The van der Waals surface area contributed by atoms with Crippen molar-refractivity contribution in [1.82, 2.24) is 0 Å². The Labute approximate surface area is 103 Å². The van der Waals surface area contributed by atoms with Crippen LogP contribution in [-0.4, -0.2) is 33.2 Å². The van der Waals surface area contributed by atoms with Crippen LogP contribution in [0.1, 0.15) is 20.7 Å². The normalized spacial score (nSPS) is 9.50. The van der Waals surface area contributed by atoms with E-state index in [0.29, 0.717) is 0 Å². The van der Waals surface area contributed by atoms with E-state index in [1.807, 2.05) is 0 Å². The van der Waals surface area contributed by atoms with Crippen LogP contribution in [0.5, 0.6) is 0 Å². The number of methoxy groups -OCH3 is 2. The molecule has 0 heterocycles. The SMILES string of the molecule is COC(=O)c1ccc(C(=O)OC)c(N(C)N=O)c1. The van der Waals surface area contributed by atoms with Crippen molar-refractivity contribution in [3.8, 4) is 0 Å². The number of nitroso groups, excluding NO2 is 1. The highest BCUT2D eigenvalue weighted by Crippen LogP contribution is 2.23. The Bertz CT molecular complexity index is 486. The number of nitrogens with zero attached hydrogens (tertiary/aromatic N) is 2. The summed E-state index contributed by atoms with van der Waals surface area (Å²) in [4.78, 5) is 33.4. The van der Waals surface area contributed by atoms with Crippen LogP contribution in [-0.2, 0) is 9.47 Å². The van der Waals surface area contributed by atoms with Gasteiger partial charge in [0.25, 0.3) is 0 Å². The van der Waals surface area contributed by atoms with Crippen LogP contribution in [0.15, 0.2) is 23.5 Å². The molecule has 0 N–H and O–H groups in total. The topological polar surface area (TPSA) is 85.3 Å². The highest BCUT2D eigenvalue weighted by Gasteiger charge is 2.18. The molecule has 1 aromatic carbocycles. The van der Waals surface area contributed by atoms with Gasteiger partial charge in [0.1, 0.15) is 0 Å². The molecular weight excluding hydrogens is 240 g/mol. The number of hydrogen-bond donors (Lipinski definition) is 0. The quantitative estimate of drug-likeness (QED) is 0.457. The number of benzene rings is 1. The van der Waals surface area contributed by atoms with Gasteiger partial charge in [0.2, 0.25) is 0 Å². The fourth-order valence-corrected chi connectivity index (χ4v) is 1.37. The van der Waals surface area contributed by atoms with Crippen LogP contribution in [0.2, 0.25) is 0 Å². The van der Waals surface area contributed by atoms with Gasteiger partial charge in [-0.15, -0.1) is 4.91 Å². The number of carbonyl (C=O) groups is 2. The first kappa shape index (κ1) is 13.6. The molecule has 96 valence electrons. The molecule has 0 saturated heterocycles. The van der Waals surface area contributed by atoms with E-state index in [0.717, 1.165) is 5.01 Å². The molecule has 1 aromatic rings. The molecule has 0 spiro atoms. The second kappa shape index (κ2) is 5.76. The lowest BCUT2D eigenvalue weighted by Gasteiger charge is -2.14. The Morgan fingerprint density at radius 1 is 1.17 bits per heavy atom. The van der Waals surface area contributed by atoms with E-state index in [9.17, 15) is 14.5 Å². The van der Waals surface area contributed by atoms with E-state index >= 15 is 0 Å². The molecule has 1 rings (SSSR count). The smallest absolute Gasteiger partial charge is 0.340 e. The van der Waals surface area contributed by atoms with Crippen LogP contribution < -0.4 is 5.01 Å². The molecule has 0 aliphatic carbocycles. The highest BCUT2D eigenvalue weighted by molar-refractivity contribution is 5.99. The van der Waals surface area contributed by atoms with Gasteiger partial charge in [-0.25, -0.2) is 14.6 Å². The molecule has 0 atom stereocenters. The predicted octanol–water partition coefficient (Wildman–Crippen LogP) is 1.38. The van der Waals surface area contributed by atoms with Gasteiger partial charge in [0.05, 0.1) is 36.3 Å². The minimum Gasteiger partial charge on any atom is -0.465 e. The average molecular weight is 252 g/mol. The maximum Gasteiger partial charge on any atom is 0.340 e. The van der Waals surface area contributed by atoms with Crippen molar-refractivity contribution in [3.05, 3.63) is 34.2 Å². The second-order valence-corrected chi connectivity index (χ2v) is 3.32. The summed E-state index contributed by atoms with van der Waals surface area (Å²) in [5, 5.41) is 3.62. The zero-order chi connectivity index (χ0) is 13.7. The number of rotatable bonds is 4. The lowest BCUT2D eigenvalue weighted by Crippen LogP contribution is -2.15. The molecule has 0 bridgehead atoms. The van der Waals surface area contributed by atoms with Crippen LogP contribution in [0.4, 0.5) is 5.69 Å². The maximum atomic E-state index is 11.5. The Morgan fingerprint density at radius 2 is 1.78 bits per heavy atom. The van der Waals surface area contributed by atoms with Crippen LogP contribution in [0, 0.1) is 4.91 Å². The summed E-state index contributed by atoms with van der Waals surface area (Å²) < 4.78 is 9.12. The fourth-order valence-electron chi connectivity index (χ4n) is 1.37. The van der Waals surface area contributed by atoms with Crippen molar-refractivity contribution in [2.45, 2.75) is 0 Å². The Hall–Kier alpha value is -2.44. The summed E-state index contributed by atoms with van der Waals surface area (Å²) in [6.07, 6.45) is 0. The number of ether oxygens (including phenoxy) is 2. The van der Waals surface area contributed by atoms with Crippen LogP contribution >= 0.6 is 0 Å². The predicted molar refractivity (Wildman–Crippen MR) is 63.3 cm³/mol. The van der Waals surface area contributed by atoms with Crippen molar-refractivity contribution < 1.29 is 19.1 Å². The first-order chi connectivity index (χ1) is 8.54. The maximum absolute atomic E-state index is 11.5. The molecule has 18 heavy (non-hydrogen) atoms. The number of esters is 2. The number of hydrogen-bond acceptors (Lipinski definition) is 6. The third-order valence-electron chi connectivity index (χ3n) is 2.30. The standard InChI is InChI=1S/C11H12N2O5/c1-13(12-16)9-6-7(10(14)17-2)4-5-8(9)11(15)18-3/h4-6H,1-3H3. The van der Waals surface area contributed by atoms with Gasteiger partial charge in [-0.2, -0.15) is 0 Å². The monoisotopic (exact) mass is 252 g/mol. The zero-order valence-corrected chi connectivity index (χ0v) is 10.2. The third-order valence-corrected chi connectivity index (χ3v) is 2.30. The summed E-state index contributed by atoms with van der Waals surface area (Å²) in [6.45, 7) is 0. The lowest BCUT2D eigenvalue weighted by molar-refractivity contribution is 0.0587. The van der Waals surface area contributed by atoms with Gasteiger partial charge in [-0.3, -0.25) is 0 Å². The Balaban J connectivity index is 3.33. The number of carbonyl (C=O) groups excluding carboxylic acids is 2. The van der Waals surface area contributed by atoms with Gasteiger partial charge in [-0.05, 0) is 18.2 Å². The molecule has 7 heteroatoms. The van der Waals surface area contributed by atoms with Gasteiger partial charge in [0, 0.05) is 7.05 Å². The van der Waals surface area contributed by atoms with Gasteiger partial charge < -0.3 is 9.47 Å². The van der Waals surface area contributed by atoms with E-state index in [1.54, 1.807) is 0 Å². The molecule has 0 aliphatic heterocycles. The molecule has 0 radical (unpaired) electrons. The largest absolute Gasteiger partial charge is 0.465 e. The van der Waals surface area contributed by atoms with Crippen molar-refractivity contribution in [2.24, 2.45) is 5.29 Å². The zero-order valence-electron chi connectivity index (χ0n) is 10.2. The van der Waals surface area contributed by atoms with Crippen molar-refractivity contribution in [2.75, 3.05) is 26.3 Å². The minimum atomic E-state index is -0.628. The van der Waals surface area contributed by atoms with E-state index in [4.69, 9.17) is 0 Å². The van der Waals surface area contributed by atoms with Gasteiger partial charge >= 0.3 is 11.9 Å². The fraction of sp³-hybridized carbons (Fsp3) is 0.273. The minimum absolute atomic E-state index is 0.132. The summed E-state index contributed by atoms with van der Waals surface area (Å²) in [5.41, 5.74) is 0.502. The average Bonchev–Trinajstić information content (AvgIpc) is 2.43. The summed E-state index contributed by atoms with van der Waals surface area (Å²) in [6, 6.07) is 4.11. The molecule has 7 nitrogen and oxygen atoms in total. The molecule has 0 unspecified atom stereocenters. The first-order valence-electron chi connectivity index (χ1n) is 4.92. The van der Waals surface area contributed by atoms with Crippen LogP contribution in [0.25, 0.3) is 0 Å². The Kier molecular flexibility index (Phi) is 4.36. The first-order valence-corrected chi connectivity index (χ1v) is 4.92. The molecule has 0 fully saturated rings. The molecule has 0 aliphatic rings. The van der Waals surface area contributed by atoms with Crippen LogP contribution in [0.3, 0.4) is 0 Å². The third kappa shape index (κ3) is 2.62. The van der Waals surface area contributed by atoms with E-state index in [2.05, 4.69) is 14.8 Å². The second-order valence-electron chi connectivity index (χ2n) is 3.32. The van der Waals surface area contributed by atoms with E-state index in [-0.39, 0.29) is 16.8 Å². The van der Waals surface area contributed by atoms with E-state index in [1.165, 1.54) is 39.5 Å². The Morgan fingerprint density at radius 3 is 2.28 bits per heavy atom. The van der Waals surface area contributed by atoms with E-state index < -0.39 is 11.9 Å².